The Kier molecular flexibility index (Phi) is 5.12. The smallest absolute Gasteiger partial charge is 0.257 e. The number of nitrogens with one attached hydrogen (secondary N) is 1. The Morgan fingerprint density at radius 1 is 1.62 bits per heavy atom. The quantitative estimate of drug-likeness (QED) is 0.920. The van der Waals surface area contributed by atoms with Gasteiger partial charge in [-0.2, -0.15) is 0 Å². The molecule has 0 aromatic carbocycles. The molecule has 1 N–H and O–H groups in total. The van der Waals surface area contributed by atoms with E-state index in [0.29, 0.717) is 6.54 Å². The molecule has 0 radical (unpaired) electrons. The Balaban J connectivity index is 2.17. The summed E-state index contributed by atoms with van der Waals surface area (Å²) in [6.45, 7) is 4.30. The summed E-state index contributed by atoms with van der Waals surface area (Å²) in [4.78, 5) is 20.3. The summed E-state index contributed by atoms with van der Waals surface area (Å²) in [6.07, 6.45) is 3.48. The normalized spacial score (nSPS) is 19.3. The summed E-state index contributed by atoms with van der Waals surface area (Å²) in [7, 11) is 3.79. The first-order chi connectivity index (χ1) is 10.0. The second-order valence-corrected chi connectivity index (χ2v) is 5.53. The fraction of sp³-hybridized carbons (Fsp3) is 0.600. The van der Waals surface area contributed by atoms with E-state index >= 15 is 0 Å². The molecular formula is C15H23FN4O. The third kappa shape index (κ3) is 3.50. The highest BCUT2D eigenvalue weighted by Crippen LogP contribution is 2.20. The molecule has 1 atom stereocenters. The van der Waals surface area contributed by atoms with Gasteiger partial charge >= 0.3 is 0 Å². The molecule has 1 aromatic heterocycles. The van der Waals surface area contributed by atoms with Crippen molar-refractivity contribution in [1.29, 1.82) is 0 Å². The van der Waals surface area contributed by atoms with Crippen LogP contribution in [0.5, 0.6) is 0 Å². The second-order valence-electron chi connectivity index (χ2n) is 5.53. The fourth-order valence-corrected chi connectivity index (χ4v) is 2.71. The van der Waals surface area contributed by atoms with E-state index in [-0.39, 0.29) is 23.3 Å². The number of hydrogen-bond acceptors (Lipinski definition) is 4. The molecule has 6 heteroatoms. The zero-order valence-electron chi connectivity index (χ0n) is 12.9. The van der Waals surface area contributed by atoms with E-state index in [9.17, 15) is 9.18 Å². The van der Waals surface area contributed by atoms with Crippen LogP contribution in [0, 0.1) is 5.82 Å². The van der Waals surface area contributed by atoms with Gasteiger partial charge in [0.25, 0.3) is 5.91 Å². The largest absolute Gasteiger partial charge is 0.368 e. The second kappa shape index (κ2) is 6.85. The maximum absolute atomic E-state index is 14.3. The molecule has 5 nitrogen and oxygen atoms in total. The first kappa shape index (κ1) is 15.7. The number of likely N-dealkylation sites (tertiary alicyclic amines) is 1. The van der Waals surface area contributed by atoms with Crippen LogP contribution in [0.3, 0.4) is 0 Å². The first-order valence-electron chi connectivity index (χ1n) is 7.38. The van der Waals surface area contributed by atoms with Gasteiger partial charge in [-0.15, -0.1) is 0 Å². The van der Waals surface area contributed by atoms with Gasteiger partial charge in [-0.1, -0.05) is 0 Å². The number of nitrogens with zero attached hydrogens (tertiary/aromatic N) is 3. The molecule has 2 rings (SSSR count). The molecule has 21 heavy (non-hydrogen) atoms. The van der Waals surface area contributed by atoms with E-state index in [4.69, 9.17) is 0 Å². The van der Waals surface area contributed by atoms with Crippen molar-refractivity contribution in [1.82, 2.24) is 14.8 Å². The van der Waals surface area contributed by atoms with E-state index in [1.807, 2.05) is 14.0 Å². The van der Waals surface area contributed by atoms with E-state index in [2.05, 4.69) is 15.2 Å². The molecule has 2 heterocycles. The predicted octanol–water partition coefficient (Wildman–Crippen LogP) is 1.82. The number of piperidine rings is 1. The van der Waals surface area contributed by atoms with Crippen LogP contribution in [0.15, 0.2) is 12.3 Å². The summed E-state index contributed by atoms with van der Waals surface area (Å²) >= 11 is 0. The van der Waals surface area contributed by atoms with Gasteiger partial charge in [0.15, 0.2) is 11.6 Å². The number of pyridine rings is 1. The van der Waals surface area contributed by atoms with E-state index in [0.717, 1.165) is 25.9 Å². The van der Waals surface area contributed by atoms with Crippen LogP contribution < -0.4 is 5.32 Å². The average Bonchev–Trinajstić information content (AvgIpc) is 2.48. The standard InChI is InChI=1S/C15H23FN4O/c1-4-17-14-13(16)12(7-8-18-14)15(21)20(3)11-6-5-9-19(2)10-11/h7-8,11H,4-6,9-10H2,1-3H3,(H,17,18). The fourth-order valence-electron chi connectivity index (χ4n) is 2.71. The van der Waals surface area contributed by atoms with E-state index < -0.39 is 5.82 Å². The SMILES string of the molecule is CCNc1nccc(C(=O)N(C)C2CCCN(C)C2)c1F. The highest BCUT2D eigenvalue weighted by Gasteiger charge is 2.27. The number of carbonyl (C=O) groups is 1. The molecule has 1 aliphatic heterocycles. The highest BCUT2D eigenvalue weighted by molar-refractivity contribution is 5.95. The lowest BCUT2D eigenvalue weighted by Gasteiger charge is -2.35. The average molecular weight is 294 g/mol. The zero-order chi connectivity index (χ0) is 15.4. The minimum Gasteiger partial charge on any atom is -0.368 e. The van der Waals surface area contributed by atoms with Gasteiger partial charge in [0.2, 0.25) is 0 Å². The van der Waals surface area contributed by atoms with Gasteiger partial charge in [0.05, 0.1) is 5.56 Å². The van der Waals surface area contributed by atoms with Crippen molar-refractivity contribution in [3.05, 3.63) is 23.6 Å². The molecule has 0 aliphatic carbocycles. The molecular weight excluding hydrogens is 271 g/mol. The lowest BCUT2D eigenvalue weighted by Crippen LogP contribution is -2.47. The minimum atomic E-state index is -0.569. The predicted molar refractivity (Wildman–Crippen MR) is 81.0 cm³/mol. The molecule has 0 bridgehead atoms. The third-order valence-corrected chi connectivity index (χ3v) is 3.93. The van der Waals surface area contributed by atoms with E-state index in [1.165, 1.54) is 12.3 Å². The first-order valence-corrected chi connectivity index (χ1v) is 7.38. The number of aromatic nitrogens is 1. The topological polar surface area (TPSA) is 48.5 Å². The van der Waals surface area contributed by atoms with Gasteiger partial charge in [0.1, 0.15) is 0 Å². The Morgan fingerprint density at radius 2 is 2.38 bits per heavy atom. The number of carbonyl (C=O) groups excluding carboxylic acids is 1. The van der Waals surface area contributed by atoms with Gasteiger partial charge in [0, 0.05) is 32.4 Å². The van der Waals surface area contributed by atoms with E-state index in [1.54, 1.807) is 11.9 Å². The maximum Gasteiger partial charge on any atom is 0.257 e. The minimum absolute atomic E-state index is 0.0803. The van der Waals surface area contributed by atoms with Crippen LogP contribution in [0.25, 0.3) is 0 Å². The summed E-state index contributed by atoms with van der Waals surface area (Å²) < 4.78 is 14.3. The summed E-state index contributed by atoms with van der Waals surface area (Å²) in [5.41, 5.74) is 0.0803. The number of likely N-dealkylation sites (N-methyl/N-ethyl adjacent to an activating group) is 2. The van der Waals surface area contributed by atoms with Crippen molar-refractivity contribution >= 4 is 11.7 Å². The molecule has 1 aliphatic rings. The molecule has 1 unspecified atom stereocenters. The summed E-state index contributed by atoms with van der Waals surface area (Å²) in [5, 5.41) is 2.83. The van der Waals surface area contributed by atoms with Crippen molar-refractivity contribution in [3.8, 4) is 0 Å². The number of amides is 1. The highest BCUT2D eigenvalue weighted by atomic mass is 19.1. The Hall–Kier alpha value is -1.69. The zero-order valence-corrected chi connectivity index (χ0v) is 12.9. The number of halogens is 1. The molecule has 0 spiro atoms. The van der Waals surface area contributed by atoms with Gasteiger partial charge in [-0.25, -0.2) is 9.37 Å². The van der Waals surface area contributed by atoms with Gasteiger partial charge in [-0.05, 0) is 39.4 Å². The van der Waals surface area contributed by atoms with Crippen LogP contribution >= 0.6 is 0 Å². The van der Waals surface area contributed by atoms with Crippen molar-refractivity contribution < 1.29 is 9.18 Å². The van der Waals surface area contributed by atoms with Crippen LogP contribution in [-0.4, -0.2) is 60.5 Å². The molecule has 1 aromatic rings. The molecule has 116 valence electrons. The molecule has 1 fully saturated rings. The summed E-state index contributed by atoms with van der Waals surface area (Å²) in [5.74, 6) is -0.716. The molecule has 1 amide bonds. The van der Waals surface area contributed by atoms with Crippen molar-refractivity contribution in [2.45, 2.75) is 25.8 Å². The van der Waals surface area contributed by atoms with Crippen molar-refractivity contribution in [2.75, 3.05) is 39.0 Å². The maximum atomic E-state index is 14.3. The van der Waals surface area contributed by atoms with Crippen LogP contribution in [-0.2, 0) is 0 Å². The third-order valence-electron chi connectivity index (χ3n) is 3.93. The Morgan fingerprint density at radius 3 is 3.05 bits per heavy atom. The monoisotopic (exact) mass is 294 g/mol. The van der Waals surface area contributed by atoms with Gasteiger partial charge < -0.3 is 15.1 Å². The number of hydrogen-bond donors (Lipinski definition) is 1. The van der Waals surface area contributed by atoms with Gasteiger partial charge in [-0.3, -0.25) is 4.79 Å². The van der Waals surface area contributed by atoms with Crippen molar-refractivity contribution in [2.24, 2.45) is 0 Å². The Labute approximate surface area is 125 Å². The Bertz CT molecular complexity index is 508. The van der Waals surface area contributed by atoms with Crippen LogP contribution in [0.4, 0.5) is 10.2 Å². The van der Waals surface area contributed by atoms with Crippen LogP contribution in [0.1, 0.15) is 30.1 Å². The lowest BCUT2D eigenvalue weighted by molar-refractivity contribution is 0.0639. The summed E-state index contributed by atoms with van der Waals surface area (Å²) in [6, 6.07) is 1.58. The lowest BCUT2D eigenvalue weighted by atomic mass is 10.0. The molecule has 0 saturated carbocycles. The molecule has 1 saturated heterocycles. The number of anilines is 1. The number of rotatable bonds is 4. The van der Waals surface area contributed by atoms with Crippen molar-refractivity contribution in [3.63, 3.8) is 0 Å². The van der Waals surface area contributed by atoms with Crippen LogP contribution in [0.2, 0.25) is 0 Å².